The molecule has 0 aliphatic carbocycles. The van der Waals surface area contributed by atoms with Crippen LogP contribution in [0.15, 0.2) is 18.2 Å². The molecule has 1 fully saturated rings. The summed E-state index contributed by atoms with van der Waals surface area (Å²) in [7, 11) is 0. The zero-order valence-corrected chi connectivity index (χ0v) is 10.4. The quantitative estimate of drug-likeness (QED) is 0.665. The lowest BCUT2D eigenvalue weighted by Crippen LogP contribution is -2.32. The number of carboxylic acid groups (broad SMARTS) is 1. The average molecular weight is 268 g/mol. The molecule has 1 aliphatic rings. The summed E-state index contributed by atoms with van der Waals surface area (Å²) in [5, 5.41) is 19.8. The van der Waals surface area contributed by atoms with E-state index in [2.05, 4.69) is 0 Å². The number of carboxylic acids is 1. The molecule has 0 atom stereocenters. The Hall–Kier alpha value is -1.76. The Morgan fingerprint density at radius 1 is 1.39 bits per heavy atom. The fourth-order valence-electron chi connectivity index (χ4n) is 1.87. The number of thioether (sulfide) groups is 1. The molecule has 0 bridgehead atoms. The number of carbonyl (C=O) groups is 1. The Balaban J connectivity index is 2.36. The van der Waals surface area contributed by atoms with Gasteiger partial charge in [0.25, 0.3) is 5.69 Å². The van der Waals surface area contributed by atoms with Gasteiger partial charge in [0.1, 0.15) is 5.56 Å². The summed E-state index contributed by atoms with van der Waals surface area (Å²) >= 11 is 1.84. The molecule has 0 amide bonds. The highest BCUT2D eigenvalue weighted by Crippen LogP contribution is 2.27. The van der Waals surface area contributed by atoms with Crippen molar-refractivity contribution < 1.29 is 14.8 Å². The SMILES string of the molecule is O=C(O)c1ccc(N2CCSCC2)cc1[N+](=O)[O-]. The third-order valence-electron chi connectivity index (χ3n) is 2.78. The Morgan fingerprint density at radius 3 is 2.61 bits per heavy atom. The van der Waals surface area contributed by atoms with Gasteiger partial charge in [0.05, 0.1) is 4.92 Å². The molecule has 1 saturated heterocycles. The van der Waals surface area contributed by atoms with Crippen molar-refractivity contribution in [3.8, 4) is 0 Å². The second-order valence-electron chi connectivity index (χ2n) is 3.86. The summed E-state index contributed by atoms with van der Waals surface area (Å²) in [4.78, 5) is 23.2. The van der Waals surface area contributed by atoms with Gasteiger partial charge in [0.2, 0.25) is 0 Å². The van der Waals surface area contributed by atoms with E-state index in [0.29, 0.717) is 5.69 Å². The van der Waals surface area contributed by atoms with Gasteiger partial charge in [-0.1, -0.05) is 0 Å². The van der Waals surface area contributed by atoms with Gasteiger partial charge < -0.3 is 10.0 Å². The zero-order valence-electron chi connectivity index (χ0n) is 9.54. The van der Waals surface area contributed by atoms with Crippen LogP contribution in [0, 0.1) is 10.1 Å². The number of nitro groups is 1. The monoisotopic (exact) mass is 268 g/mol. The van der Waals surface area contributed by atoms with E-state index in [-0.39, 0.29) is 11.3 Å². The van der Waals surface area contributed by atoms with Crippen LogP contribution in [-0.4, -0.2) is 40.6 Å². The first-order chi connectivity index (χ1) is 8.59. The van der Waals surface area contributed by atoms with Crippen molar-refractivity contribution in [1.82, 2.24) is 0 Å². The molecule has 1 heterocycles. The van der Waals surface area contributed by atoms with Crippen LogP contribution in [0.1, 0.15) is 10.4 Å². The highest BCUT2D eigenvalue weighted by atomic mass is 32.2. The van der Waals surface area contributed by atoms with E-state index in [1.54, 1.807) is 6.07 Å². The van der Waals surface area contributed by atoms with E-state index < -0.39 is 10.9 Å². The van der Waals surface area contributed by atoms with E-state index >= 15 is 0 Å². The minimum atomic E-state index is -1.28. The fraction of sp³-hybridized carbons (Fsp3) is 0.364. The first-order valence-corrected chi connectivity index (χ1v) is 6.59. The number of rotatable bonds is 3. The lowest BCUT2D eigenvalue weighted by molar-refractivity contribution is -0.385. The van der Waals surface area contributed by atoms with Gasteiger partial charge in [-0.15, -0.1) is 0 Å². The molecular weight excluding hydrogens is 256 g/mol. The van der Waals surface area contributed by atoms with Gasteiger partial charge >= 0.3 is 5.97 Å². The smallest absolute Gasteiger partial charge is 0.342 e. The summed E-state index contributed by atoms with van der Waals surface area (Å²) in [5.41, 5.74) is 0.0976. The topological polar surface area (TPSA) is 83.7 Å². The molecule has 0 unspecified atom stereocenters. The highest BCUT2D eigenvalue weighted by molar-refractivity contribution is 7.99. The molecule has 96 valence electrons. The first kappa shape index (κ1) is 12.7. The standard InChI is InChI=1S/C11H12N2O4S/c14-11(15)9-2-1-8(7-10(9)13(16)17)12-3-5-18-6-4-12/h1-2,7H,3-6H2,(H,14,15). The van der Waals surface area contributed by atoms with Crippen LogP contribution in [0.4, 0.5) is 11.4 Å². The normalized spacial score (nSPS) is 15.4. The van der Waals surface area contributed by atoms with Crippen molar-refractivity contribution in [2.24, 2.45) is 0 Å². The van der Waals surface area contributed by atoms with Crippen molar-refractivity contribution in [1.29, 1.82) is 0 Å². The second-order valence-corrected chi connectivity index (χ2v) is 5.09. The van der Waals surface area contributed by atoms with Crippen LogP contribution < -0.4 is 4.90 Å². The average Bonchev–Trinajstić information content (AvgIpc) is 2.39. The summed E-state index contributed by atoms with van der Waals surface area (Å²) < 4.78 is 0. The number of aromatic carboxylic acids is 1. The van der Waals surface area contributed by atoms with E-state index in [1.165, 1.54) is 12.1 Å². The summed E-state index contributed by atoms with van der Waals surface area (Å²) in [6.45, 7) is 1.66. The maximum absolute atomic E-state index is 10.9. The molecular formula is C11H12N2O4S. The van der Waals surface area contributed by atoms with Crippen LogP contribution in [0.5, 0.6) is 0 Å². The van der Waals surface area contributed by atoms with E-state index in [1.807, 2.05) is 16.7 Å². The maximum Gasteiger partial charge on any atom is 0.342 e. The zero-order chi connectivity index (χ0) is 13.1. The van der Waals surface area contributed by atoms with Crippen molar-refractivity contribution in [3.63, 3.8) is 0 Å². The fourth-order valence-corrected chi connectivity index (χ4v) is 2.77. The second kappa shape index (κ2) is 5.26. The Kier molecular flexibility index (Phi) is 3.71. The molecule has 0 aromatic heterocycles. The minimum Gasteiger partial charge on any atom is -0.477 e. The van der Waals surface area contributed by atoms with Gasteiger partial charge in [0.15, 0.2) is 0 Å². The number of hydrogen-bond acceptors (Lipinski definition) is 5. The minimum absolute atomic E-state index is 0.268. The maximum atomic E-state index is 10.9. The van der Waals surface area contributed by atoms with Crippen LogP contribution >= 0.6 is 11.8 Å². The highest BCUT2D eigenvalue weighted by Gasteiger charge is 2.22. The molecule has 1 aromatic rings. The van der Waals surface area contributed by atoms with Gasteiger partial charge in [-0.3, -0.25) is 10.1 Å². The molecule has 0 saturated carbocycles. The molecule has 6 nitrogen and oxygen atoms in total. The lowest BCUT2D eigenvalue weighted by Gasteiger charge is -2.28. The molecule has 7 heteroatoms. The van der Waals surface area contributed by atoms with Gasteiger partial charge in [-0.05, 0) is 12.1 Å². The number of anilines is 1. The van der Waals surface area contributed by atoms with E-state index in [0.717, 1.165) is 24.6 Å². The largest absolute Gasteiger partial charge is 0.477 e. The third kappa shape index (κ3) is 2.56. The van der Waals surface area contributed by atoms with Crippen molar-refractivity contribution in [3.05, 3.63) is 33.9 Å². The van der Waals surface area contributed by atoms with Crippen molar-refractivity contribution in [2.75, 3.05) is 29.5 Å². The summed E-state index contributed by atoms with van der Waals surface area (Å²) in [6, 6.07) is 4.28. The van der Waals surface area contributed by atoms with Gasteiger partial charge in [0, 0.05) is 36.3 Å². The van der Waals surface area contributed by atoms with Crippen LogP contribution in [0.25, 0.3) is 0 Å². The first-order valence-electron chi connectivity index (χ1n) is 5.44. The predicted octanol–water partition coefficient (Wildman–Crippen LogP) is 1.85. The summed E-state index contributed by atoms with van der Waals surface area (Å²) in [6.07, 6.45) is 0. The van der Waals surface area contributed by atoms with Crippen molar-refractivity contribution in [2.45, 2.75) is 0 Å². The molecule has 1 aromatic carbocycles. The van der Waals surface area contributed by atoms with Gasteiger partial charge in [-0.25, -0.2) is 4.79 Å². The predicted molar refractivity (Wildman–Crippen MR) is 69.6 cm³/mol. The Bertz CT molecular complexity index is 486. The molecule has 0 spiro atoms. The summed E-state index contributed by atoms with van der Waals surface area (Å²) in [5.74, 6) is 0.686. The number of benzene rings is 1. The Morgan fingerprint density at radius 2 is 2.06 bits per heavy atom. The molecule has 2 rings (SSSR count). The molecule has 1 N–H and O–H groups in total. The van der Waals surface area contributed by atoms with Gasteiger partial charge in [-0.2, -0.15) is 11.8 Å². The van der Waals surface area contributed by atoms with E-state index in [4.69, 9.17) is 5.11 Å². The molecule has 1 aliphatic heterocycles. The molecule has 18 heavy (non-hydrogen) atoms. The van der Waals surface area contributed by atoms with Crippen LogP contribution in [-0.2, 0) is 0 Å². The van der Waals surface area contributed by atoms with Crippen LogP contribution in [0.3, 0.4) is 0 Å². The van der Waals surface area contributed by atoms with E-state index in [9.17, 15) is 14.9 Å². The number of nitro benzene ring substituents is 1. The third-order valence-corrected chi connectivity index (χ3v) is 3.73. The molecule has 0 radical (unpaired) electrons. The lowest BCUT2D eigenvalue weighted by atomic mass is 10.1. The number of nitrogens with zero attached hydrogens (tertiary/aromatic N) is 2. The Labute approximate surface area is 108 Å². The number of hydrogen-bond donors (Lipinski definition) is 1. The van der Waals surface area contributed by atoms with Crippen LogP contribution in [0.2, 0.25) is 0 Å². The van der Waals surface area contributed by atoms with Crippen molar-refractivity contribution >= 4 is 29.1 Å².